The number of hydrogen-bond acceptors (Lipinski definition) is 7. The van der Waals surface area contributed by atoms with E-state index in [1.54, 1.807) is 12.1 Å². The van der Waals surface area contributed by atoms with Crippen LogP contribution in [-0.2, 0) is 22.3 Å². The van der Waals surface area contributed by atoms with E-state index in [0.29, 0.717) is 21.1 Å². The molecule has 204 valence electrons. The van der Waals surface area contributed by atoms with Crippen LogP contribution < -0.4 is 15.8 Å². The van der Waals surface area contributed by atoms with Crippen LogP contribution in [0.25, 0.3) is 0 Å². The highest BCUT2D eigenvalue weighted by atomic mass is 127. The number of hydrogen-bond donors (Lipinski definition) is 2. The van der Waals surface area contributed by atoms with Gasteiger partial charge in [-0.1, -0.05) is 31.2 Å². The smallest absolute Gasteiger partial charge is 0.421 e. The lowest BCUT2D eigenvalue weighted by Crippen LogP contribution is -2.34. The molecule has 0 saturated carbocycles. The average molecular weight is 644 g/mol. The van der Waals surface area contributed by atoms with Crippen LogP contribution in [0.5, 0.6) is 5.88 Å². The van der Waals surface area contributed by atoms with Crippen LogP contribution in [0.4, 0.5) is 13.2 Å². The number of carbonyl (C=O) groups excluding carboxylic acids is 3. The summed E-state index contributed by atoms with van der Waals surface area (Å²) in [5, 5.41) is 2.85. The van der Waals surface area contributed by atoms with Gasteiger partial charge in [0.15, 0.2) is 0 Å². The third-order valence-electron chi connectivity index (χ3n) is 5.39. The van der Waals surface area contributed by atoms with Crippen molar-refractivity contribution in [1.82, 2.24) is 13.4 Å². The average Bonchev–Trinajstić information content (AvgIpc) is 3.25. The fraction of sp³-hybridized carbons (Fsp3) is 0.346. The Labute approximate surface area is 228 Å². The van der Waals surface area contributed by atoms with E-state index in [1.165, 1.54) is 24.4 Å². The van der Waals surface area contributed by atoms with Gasteiger partial charge in [0.1, 0.15) is 5.56 Å². The van der Waals surface area contributed by atoms with Gasteiger partial charge in [-0.25, -0.2) is 4.98 Å². The Morgan fingerprint density at radius 3 is 2.32 bits per heavy atom. The minimum atomic E-state index is -4.65. The number of amides is 1. The summed E-state index contributed by atoms with van der Waals surface area (Å²) in [5.41, 5.74) is 5.14. The molecule has 0 unspecified atom stereocenters. The Balaban J connectivity index is 1.85. The largest absolute Gasteiger partial charge is 0.421 e. The normalized spacial score (nSPS) is 14.1. The van der Waals surface area contributed by atoms with E-state index < -0.39 is 55.7 Å². The van der Waals surface area contributed by atoms with Gasteiger partial charge in [-0.15, -0.1) is 0 Å². The van der Waals surface area contributed by atoms with Crippen molar-refractivity contribution in [3.63, 3.8) is 0 Å². The molecule has 1 aliphatic rings. The van der Waals surface area contributed by atoms with Gasteiger partial charge in [0.25, 0.3) is 5.91 Å². The maximum Gasteiger partial charge on any atom is 0.421 e. The number of aromatic nitrogens is 1. The predicted molar refractivity (Wildman–Crippen MR) is 144 cm³/mol. The van der Waals surface area contributed by atoms with Gasteiger partial charge in [-0.05, 0) is 44.9 Å². The van der Waals surface area contributed by atoms with Gasteiger partial charge in [-0.3, -0.25) is 17.5 Å². The first-order valence-electron chi connectivity index (χ1n) is 11.7. The SMILES string of the molecule is CCC1=C(Oc2ncccc2C(F)(F)F)N(C(C)(C)C)I=C1C(=O)NCc1ccc(C(=O)C(=O)CN)cc1. The Kier molecular flexibility index (Phi) is 9.08. The summed E-state index contributed by atoms with van der Waals surface area (Å²) in [5.74, 6) is -2.08. The number of nitrogens with zero attached hydrogens (tertiary/aromatic N) is 2. The zero-order valence-electron chi connectivity index (χ0n) is 21.3. The standard InChI is InChI=1S/C26H28F3IN4O4/c1-5-17-20(22(37)33-14-15-8-10-16(11-9-15)21(36)19(35)13-31)30-34(25(2,3)4)24(17)38-23-18(26(27,28)29)7-6-12-32-23/h6-12H,5,13-14,31H2,1-4H3,(H,33,37). The molecule has 0 spiro atoms. The number of Topliss-reactive ketones (excluding diaryl/α,β-unsaturated/α-hetero) is 2. The van der Waals surface area contributed by atoms with Crippen molar-refractivity contribution < 1.29 is 32.3 Å². The Morgan fingerprint density at radius 2 is 1.76 bits per heavy atom. The molecule has 2 heterocycles. The fourth-order valence-electron chi connectivity index (χ4n) is 3.47. The molecule has 0 saturated heterocycles. The molecular weight excluding hydrogens is 616 g/mol. The third-order valence-corrected chi connectivity index (χ3v) is 9.38. The summed E-state index contributed by atoms with van der Waals surface area (Å²) in [4.78, 5) is 40.5. The Bertz CT molecular complexity index is 1300. The summed E-state index contributed by atoms with van der Waals surface area (Å²) in [6.07, 6.45) is -3.06. The molecule has 1 aromatic heterocycles. The van der Waals surface area contributed by atoms with Crippen LogP contribution >= 0.6 is 21.0 Å². The van der Waals surface area contributed by atoms with E-state index in [1.807, 2.05) is 30.8 Å². The maximum atomic E-state index is 13.6. The summed E-state index contributed by atoms with van der Waals surface area (Å²) < 4.78 is 48.9. The number of ether oxygens (including phenoxy) is 1. The monoisotopic (exact) mass is 644 g/mol. The zero-order chi connectivity index (χ0) is 28.3. The van der Waals surface area contributed by atoms with Crippen molar-refractivity contribution in [1.29, 1.82) is 0 Å². The summed E-state index contributed by atoms with van der Waals surface area (Å²) in [6, 6.07) is 8.32. The van der Waals surface area contributed by atoms with E-state index in [0.717, 1.165) is 6.07 Å². The second kappa shape index (κ2) is 11.7. The lowest BCUT2D eigenvalue weighted by atomic mass is 10.0. The molecule has 1 aromatic carbocycles. The van der Waals surface area contributed by atoms with Gasteiger partial charge >= 0.3 is 6.18 Å². The second-order valence-corrected chi connectivity index (χ2v) is 11.8. The fourth-order valence-corrected chi connectivity index (χ4v) is 6.60. The van der Waals surface area contributed by atoms with E-state index in [4.69, 9.17) is 10.5 Å². The highest BCUT2D eigenvalue weighted by Crippen LogP contribution is 2.42. The number of rotatable bonds is 9. The first-order valence-corrected chi connectivity index (χ1v) is 13.7. The number of ketones is 2. The van der Waals surface area contributed by atoms with Crippen LogP contribution in [0.15, 0.2) is 54.1 Å². The second-order valence-electron chi connectivity index (χ2n) is 9.28. The molecule has 0 aliphatic carbocycles. The van der Waals surface area contributed by atoms with Crippen molar-refractivity contribution in [3.8, 4) is 5.88 Å². The van der Waals surface area contributed by atoms with Crippen LogP contribution in [0.2, 0.25) is 0 Å². The predicted octanol–water partition coefficient (Wildman–Crippen LogP) is 4.30. The maximum absolute atomic E-state index is 13.6. The molecule has 2 aromatic rings. The summed E-state index contributed by atoms with van der Waals surface area (Å²) >= 11 is -1.11. The zero-order valence-corrected chi connectivity index (χ0v) is 23.4. The van der Waals surface area contributed by atoms with E-state index in [-0.39, 0.29) is 30.4 Å². The van der Waals surface area contributed by atoms with Gasteiger partial charge in [0, 0.05) is 50.4 Å². The van der Waals surface area contributed by atoms with Crippen LogP contribution in [-0.4, -0.2) is 41.2 Å². The Morgan fingerprint density at radius 1 is 1.11 bits per heavy atom. The van der Waals surface area contributed by atoms with Crippen molar-refractivity contribution in [2.24, 2.45) is 5.73 Å². The van der Waals surface area contributed by atoms with E-state index in [9.17, 15) is 27.6 Å². The van der Waals surface area contributed by atoms with Gasteiger partial charge in [0.2, 0.25) is 23.3 Å². The molecule has 1 aliphatic heterocycles. The topological polar surface area (TPSA) is 115 Å². The molecule has 12 heteroatoms. The van der Waals surface area contributed by atoms with Crippen molar-refractivity contribution in [2.75, 3.05) is 6.54 Å². The molecule has 0 radical (unpaired) electrons. The molecule has 8 nitrogen and oxygen atoms in total. The molecule has 0 bridgehead atoms. The van der Waals surface area contributed by atoms with Crippen LogP contribution in [0.1, 0.15) is 55.6 Å². The van der Waals surface area contributed by atoms with Crippen molar-refractivity contribution >= 4 is 42.0 Å². The molecule has 0 fully saturated rings. The van der Waals surface area contributed by atoms with Gasteiger partial charge in [0.05, 0.1) is 10.1 Å². The van der Waals surface area contributed by atoms with Crippen LogP contribution in [0, 0.1) is 0 Å². The van der Waals surface area contributed by atoms with Gasteiger partial charge < -0.3 is 15.8 Å². The number of halogens is 4. The number of alkyl halides is 3. The summed E-state index contributed by atoms with van der Waals surface area (Å²) in [7, 11) is 0. The quantitative estimate of drug-likeness (QED) is 0.181. The molecule has 1 amide bonds. The molecule has 38 heavy (non-hydrogen) atoms. The molecule has 3 N–H and O–H groups in total. The lowest BCUT2D eigenvalue weighted by Gasteiger charge is -2.32. The van der Waals surface area contributed by atoms with Crippen molar-refractivity contribution in [3.05, 3.63) is 70.7 Å². The number of carbonyl (C=O) groups is 3. The molecule has 0 atom stereocenters. The first kappa shape index (κ1) is 29.4. The minimum Gasteiger partial charge on any atom is -0.421 e. The highest BCUT2D eigenvalue weighted by molar-refractivity contribution is 14.2. The number of nitrogens with one attached hydrogen (secondary N) is 1. The third kappa shape index (κ3) is 6.65. The highest BCUT2D eigenvalue weighted by Gasteiger charge is 2.39. The van der Waals surface area contributed by atoms with Crippen LogP contribution in [0.3, 0.4) is 0 Å². The lowest BCUT2D eigenvalue weighted by molar-refractivity contribution is -0.139. The van der Waals surface area contributed by atoms with Gasteiger partial charge in [-0.2, -0.15) is 13.2 Å². The Hall–Kier alpha value is -3.13. The number of benzene rings is 1. The van der Waals surface area contributed by atoms with Crippen molar-refractivity contribution in [2.45, 2.75) is 52.4 Å². The molecule has 3 rings (SSSR count). The number of pyridine rings is 1. The first-order chi connectivity index (χ1) is 17.8. The summed E-state index contributed by atoms with van der Waals surface area (Å²) in [6.45, 7) is 7.26. The van der Waals surface area contributed by atoms with E-state index >= 15 is 0 Å². The number of nitrogens with two attached hydrogens (primary N) is 1. The minimum absolute atomic E-state index is 0.145. The molecular formula is C26H28F3IN4O4. The van der Waals surface area contributed by atoms with E-state index in [2.05, 4.69) is 10.3 Å².